The molecule has 5 heterocycles. The molecule has 0 spiro atoms. The number of piperidine rings is 1. The summed E-state index contributed by atoms with van der Waals surface area (Å²) >= 11 is 1.40. The maximum absolute atomic E-state index is 16.2. The number of nitrogens with one attached hydrogen (secondary N) is 6. The van der Waals surface area contributed by atoms with E-state index in [1.165, 1.54) is 36.0 Å². The molecule has 6 aromatic rings. The summed E-state index contributed by atoms with van der Waals surface area (Å²) in [7, 11) is 0. The first-order chi connectivity index (χ1) is 45.3. The van der Waals surface area contributed by atoms with Crippen LogP contribution in [0, 0.1) is 5.92 Å². The SMILES string of the molecule is CC(C)[C@H](NC(=O)CCN1CCC(Oc2ccccc2Cc2ccccc2)CC1)C(=O)N[C@@H](C)C(=O)N[C@@H](Cc1ccc(O)cc1)C(=O)NCCC(=O)N[C@@H](CCCCNC(=O)COc1ccc(/C=C/c2ccc3n2[B-](F)(F)[N+]2=C(c4cccs4)C=CC2=C3)cc1)C(N)=O. The molecule has 0 aliphatic carbocycles. The lowest BCUT2D eigenvalue weighted by molar-refractivity contribution is -0.360. The van der Waals surface area contributed by atoms with Gasteiger partial charge in [0, 0.05) is 88.0 Å². The van der Waals surface area contributed by atoms with Gasteiger partial charge in [0.05, 0.1) is 4.88 Å². The molecule has 9 rings (SSSR count). The van der Waals surface area contributed by atoms with Gasteiger partial charge in [0.1, 0.15) is 47.5 Å². The molecule has 3 aliphatic rings. The number of fused-ring (bicyclic) bond motifs is 2. The summed E-state index contributed by atoms with van der Waals surface area (Å²) in [6.07, 6.45) is 11.9. The van der Waals surface area contributed by atoms with Gasteiger partial charge < -0.3 is 74.7 Å². The average molecular weight is 1300 g/mol. The van der Waals surface area contributed by atoms with Crippen molar-refractivity contribution in [3.05, 3.63) is 189 Å². The van der Waals surface area contributed by atoms with Crippen LogP contribution in [0.5, 0.6) is 17.2 Å². The first kappa shape index (κ1) is 68.7. The van der Waals surface area contributed by atoms with E-state index in [1.807, 2.05) is 53.9 Å². The fourth-order valence-corrected chi connectivity index (χ4v) is 12.2. The Labute approximate surface area is 549 Å². The first-order valence-corrected chi connectivity index (χ1v) is 32.7. The van der Waals surface area contributed by atoms with Crippen molar-refractivity contribution in [2.45, 2.75) is 109 Å². The number of nitrogens with two attached hydrogens (primary N) is 1. The van der Waals surface area contributed by atoms with Crippen LogP contribution in [0.4, 0.5) is 8.63 Å². The third kappa shape index (κ3) is 19.0. The zero-order chi connectivity index (χ0) is 66.7. The van der Waals surface area contributed by atoms with Crippen LogP contribution in [-0.4, -0.2) is 143 Å². The summed E-state index contributed by atoms with van der Waals surface area (Å²) in [5, 5.41) is 28.0. The number of carbonyl (C=O) groups is 7. The Hall–Kier alpha value is -9.68. The second kappa shape index (κ2) is 32.7. The molecule has 24 heteroatoms. The van der Waals surface area contributed by atoms with Crippen LogP contribution in [0.25, 0.3) is 18.2 Å². The summed E-state index contributed by atoms with van der Waals surface area (Å²) in [4.78, 5) is 95.4. The molecule has 4 aromatic carbocycles. The molecule has 1 fully saturated rings. The van der Waals surface area contributed by atoms with Crippen molar-refractivity contribution in [3.8, 4) is 17.2 Å². The van der Waals surface area contributed by atoms with Gasteiger partial charge in [-0.1, -0.05) is 98.8 Å². The average Bonchev–Trinajstić information content (AvgIpc) is 1.56. The van der Waals surface area contributed by atoms with Crippen molar-refractivity contribution in [2.24, 2.45) is 11.7 Å². The molecular weight excluding hydrogens is 1220 g/mol. The van der Waals surface area contributed by atoms with Crippen LogP contribution >= 0.6 is 11.3 Å². The van der Waals surface area contributed by atoms with Crippen molar-refractivity contribution in [1.82, 2.24) is 41.3 Å². The van der Waals surface area contributed by atoms with Gasteiger partial charge in [-0.2, -0.15) is 0 Å². The van der Waals surface area contributed by atoms with Crippen LogP contribution in [0.15, 0.2) is 151 Å². The number of hydrogen-bond donors (Lipinski definition) is 8. The second-order valence-corrected chi connectivity index (χ2v) is 25.0. The predicted molar refractivity (Wildman–Crippen MR) is 359 cm³/mol. The zero-order valence-electron chi connectivity index (χ0n) is 52.9. The van der Waals surface area contributed by atoms with E-state index >= 15 is 8.63 Å². The first-order valence-electron chi connectivity index (χ1n) is 31.8. The quantitative estimate of drug-likeness (QED) is 0.0156. The number of phenols is 1. The fourth-order valence-electron chi connectivity index (χ4n) is 11.4. The minimum absolute atomic E-state index is 0.00580. The summed E-state index contributed by atoms with van der Waals surface area (Å²) in [5.41, 5.74) is 10.9. The van der Waals surface area contributed by atoms with Crippen molar-refractivity contribution in [1.29, 1.82) is 0 Å². The zero-order valence-corrected chi connectivity index (χ0v) is 53.8. The van der Waals surface area contributed by atoms with Gasteiger partial charge in [-0.3, -0.25) is 33.6 Å². The molecule has 0 unspecified atom stereocenters. The number of amides is 7. The van der Waals surface area contributed by atoms with Gasteiger partial charge in [-0.25, -0.2) is 0 Å². The maximum Gasteiger partial charge on any atom is 0.737 e. The highest BCUT2D eigenvalue weighted by Gasteiger charge is 2.52. The number of rotatable bonds is 32. The Kier molecular flexibility index (Phi) is 23.9. The number of thiophene rings is 1. The van der Waals surface area contributed by atoms with Gasteiger partial charge in [0.25, 0.3) is 5.91 Å². The molecule has 494 valence electrons. The number of primary amides is 1. The normalized spacial score (nSPS) is 15.6. The highest BCUT2D eigenvalue weighted by Crippen LogP contribution is 2.35. The summed E-state index contributed by atoms with van der Waals surface area (Å²) in [6.45, 7) is 2.62. The number of benzene rings is 4. The number of ether oxygens (including phenoxy) is 2. The molecule has 7 amide bonds. The molecule has 0 radical (unpaired) electrons. The standard InChI is InChI=1S/C70H81BF2N10O10S/c1-46(2)66(80-64(86)35-40-81-38-33-57(34-39-81)93-61-16-8-7-14-51(61)42-49-12-5-4-6-13-49)70(91)77-47(3)68(89)79-59(43-50-19-27-55(84)28-20-50)69(90)76-37-32-63(85)78-58(67(74)88)15-9-10-36-75-65(87)45-92-56-29-21-48(22-30-56)18-23-52-24-25-53-44-54-26-31-60(62-17-11-41-94-62)83(54)71(72,73)82(52)53/h4-8,11-14,16-31,41,44,46-47,57-59,66,84H,9-10,15,32-40,42-43,45H2,1-3H3,(H2,74,88)(H,75,87)(H,76,90)(H,77,91)(H,78,85)(H,79,89)(H,80,86)/b23-18+/t47-,58-,59-,66-/m0/s1. The topological polar surface area (TPSA) is 268 Å². The predicted octanol–water partition coefficient (Wildman–Crippen LogP) is 7.11. The lowest BCUT2D eigenvalue weighted by atomic mass is 9.90. The van der Waals surface area contributed by atoms with E-state index in [4.69, 9.17) is 15.2 Å². The number of allylic oxidation sites excluding steroid dienone is 2. The maximum atomic E-state index is 16.2. The molecule has 0 bridgehead atoms. The molecule has 0 saturated carbocycles. The van der Waals surface area contributed by atoms with E-state index in [0.717, 1.165) is 63.1 Å². The monoisotopic (exact) mass is 1300 g/mol. The Morgan fingerprint density at radius 3 is 2.18 bits per heavy atom. The van der Waals surface area contributed by atoms with Gasteiger partial charge >= 0.3 is 6.97 Å². The van der Waals surface area contributed by atoms with Gasteiger partial charge in [0.2, 0.25) is 35.4 Å². The third-order valence-corrected chi connectivity index (χ3v) is 17.5. The van der Waals surface area contributed by atoms with E-state index in [-0.39, 0.29) is 69.1 Å². The third-order valence-electron chi connectivity index (χ3n) is 16.6. The van der Waals surface area contributed by atoms with Crippen molar-refractivity contribution >= 4 is 83.6 Å². The van der Waals surface area contributed by atoms with Crippen LogP contribution in [0.3, 0.4) is 0 Å². The molecule has 9 N–H and O–H groups in total. The van der Waals surface area contributed by atoms with Crippen LogP contribution in [-0.2, 0) is 46.4 Å². The lowest BCUT2D eigenvalue weighted by Gasteiger charge is -2.32. The highest BCUT2D eigenvalue weighted by atomic mass is 32.1. The Morgan fingerprint density at radius 1 is 0.723 bits per heavy atom. The molecule has 20 nitrogen and oxygen atoms in total. The number of aromatic nitrogens is 1. The summed E-state index contributed by atoms with van der Waals surface area (Å²) in [6, 6.07) is 33.9. The number of nitrogens with zero attached hydrogens (tertiary/aromatic N) is 3. The van der Waals surface area contributed by atoms with Crippen LogP contribution in [0.2, 0.25) is 0 Å². The number of hydrogen-bond acceptors (Lipinski definition) is 12. The van der Waals surface area contributed by atoms with E-state index in [9.17, 15) is 38.7 Å². The lowest BCUT2D eigenvalue weighted by Crippen LogP contribution is -2.57. The molecule has 94 heavy (non-hydrogen) atoms. The van der Waals surface area contributed by atoms with E-state index in [2.05, 4.69) is 55.0 Å². The molecule has 2 aromatic heterocycles. The molecule has 3 aliphatic heterocycles. The largest absolute Gasteiger partial charge is 0.737 e. The summed E-state index contributed by atoms with van der Waals surface area (Å²) < 4.78 is 46.8. The van der Waals surface area contributed by atoms with Crippen molar-refractivity contribution in [3.63, 3.8) is 0 Å². The Balaban J connectivity index is 0.659. The second-order valence-electron chi connectivity index (χ2n) is 24.0. The fraction of sp³-hybridized carbons (Fsp3) is 0.343. The summed E-state index contributed by atoms with van der Waals surface area (Å²) in [5.74, 6) is -3.01. The van der Waals surface area contributed by atoms with E-state index in [0.29, 0.717) is 53.5 Å². The molecule has 4 atom stereocenters. The van der Waals surface area contributed by atoms with Crippen LogP contribution < -0.4 is 47.1 Å². The minimum atomic E-state index is -4.18. The van der Waals surface area contributed by atoms with Crippen molar-refractivity contribution in [2.75, 3.05) is 39.3 Å². The van der Waals surface area contributed by atoms with E-state index < -0.39 is 66.6 Å². The minimum Gasteiger partial charge on any atom is -0.508 e. The molecule has 1 saturated heterocycles. The van der Waals surface area contributed by atoms with E-state index in [1.54, 1.807) is 92.8 Å². The number of unbranched alkanes of at least 4 members (excludes halogenated alkanes) is 1. The van der Waals surface area contributed by atoms with Crippen molar-refractivity contribution < 1.29 is 61.3 Å². The van der Waals surface area contributed by atoms with Gasteiger partial charge in [0.15, 0.2) is 18.0 Å². The Bertz CT molecular complexity index is 3760. The number of para-hydroxylation sites is 1. The number of halogens is 2. The number of carbonyl (C=O) groups excluding carboxylic acids is 7. The molecular formula is C70H81BF2N10O10S. The number of phenolic OH excluding ortho intramolecular Hbond substituents is 1. The van der Waals surface area contributed by atoms with Gasteiger partial charge in [-0.15, -0.1) is 11.3 Å². The Morgan fingerprint density at radius 2 is 1.46 bits per heavy atom. The smallest absolute Gasteiger partial charge is 0.508 e. The number of likely N-dealkylation sites (tertiary alicyclic amines) is 1. The van der Waals surface area contributed by atoms with Gasteiger partial charge in [-0.05, 0) is 127 Å². The number of aromatic hydroxyl groups is 1. The highest BCUT2D eigenvalue weighted by molar-refractivity contribution is 7.12. The van der Waals surface area contributed by atoms with Crippen LogP contribution in [0.1, 0.15) is 104 Å².